The van der Waals surface area contributed by atoms with Gasteiger partial charge in [-0.05, 0) is 58.0 Å². The molecule has 0 aromatic rings. The SMILES string of the molecule is CCC(C)C1CCN(CCCOC(C)C)CC1. The van der Waals surface area contributed by atoms with Crippen LogP contribution in [-0.4, -0.2) is 37.2 Å². The van der Waals surface area contributed by atoms with Gasteiger partial charge < -0.3 is 9.64 Å². The molecule has 1 atom stereocenters. The van der Waals surface area contributed by atoms with Crippen molar-refractivity contribution in [2.45, 2.75) is 59.5 Å². The Hall–Kier alpha value is -0.0800. The number of hydrogen-bond donors (Lipinski definition) is 0. The number of rotatable bonds is 7. The fraction of sp³-hybridized carbons (Fsp3) is 1.00. The second-order valence-electron chi connectivity index (χ2n) is 5.84. The van der Waals surface area contributed by atoms with E-state index in [1.54, 1.807) is 0 Å². The zero-order valence-electron chi connectivity index (χ0n) is 12.2. The Balaban J connectivity index is 2.07. The van der Waals surface area contributed by atoms with E-state index in [2.05, 4.69) is 32.6 Å². The first-order valence-corrected chi connectivity index (χ1v) is 7.47. The Morgan fingerprint density at radius 3 is 2.35 bits per heavy atom. The van der Waals surface area contributed by atoms with Crippen LogP contribution in [0.25, 0.3) is 0 Å². The molecule has 1 aliphatic rings. The molecule has 0 bridgehead atoms. The summed E-state index contributed by atoms with van der Waals surface area (Å²) in [6, 6.07) is 0. The molecule has 2 nitrogen and oxygen atoms in total. The van der Waals surface area contributed by atoms with Crippen molar-refractivity contribution in [1.82, 2.24) is 4.90 Å². The van der Waals surface area contributed by atoms with Crippen molar-refractivity contribution >= 4 is 0 Å². The Morgan fingerprint density at radius 2 is 1.82 bits per heavy atom. The number of piperidine rings is 1. The fourth-order valence-corrected chi connectivity index (χ4v) is 2.69. The number of ether oxygens (including phenoxy) is 1. The normalized spacial score (nSPS) is 21.0. The van der Waals surface area contributed by atoms with Gasteiger partial charge >= 0.3 is 0 Å². The minimum atomic E-state index is 0.381. The van der Waals surface area contributed by atoms with Gasteiger partial charge in [-0.3, -0.25) is 0 Å². The van der Waals surface area contributed by atoms with E-state index in [0.717, 1.165) is 18.4 Å². The largest absolute Gasteiger partial charge is 0.379 e. The van der Waals surface area contributed by atoms with Crippen LogP contribution in [-0.2, 0) is 4.74 Å². The lowest BCUT2D eigenvalue weighted by Crippen LogP contribution is -2.36. The third-order valence-electron chi connectivity index (χ3n) is 4.15. The highest BCUT2D eigenvalue weighted by atomic mass is 16.5. The number of nitrogens with zero attached hydrogens (tertiary/aromatic N) is 1. The molecule has 1 aliphatic heterocycles. The minimum absolute atomic E-state index is 0.381. The Labute approximate surface area is 108 Å². The topological polar surface area (TPSA) is 12.5 Å². The van der Waals surface area contributed by atoms with Crippen LogP contribution >= 0.6 is 0 Å². The van der Waals surface area contributed by atoms with Crippen LogP contribution < -0.4 is 0 Å². The summed E-state index contributed by atoms with van der Waals surface area (Å²) in [7, 11) is 0. The highest BCUT2D eigenvalue weighted by Gasteiger charge is 2.22. The van der Waals surface area contributed by atoms with Crippen molar-refractivity contribution in [3.63, 3.8) is 0 Å². The summed E-state index contributed by atoms with van der Waals surface area (Å²) in [5, 5.41) is 0. The van der Waals surface area contributed by atoms with Crippen LogP contribution in [0.2, 0.25) is 0 Å². The van der Waals surface area contributed by atoms with Gasteiger partial charge in [-0.1, -0.05) is 20.3 Å². The third-order valence-corrected chi connectivity index (χ3v) is 4.15. The molecule has 17 heavy (non-hydrogen) atoms. The van der Waals surface area contributed by atoms with E-state index in [4.69, 9.17) is 4.74 Å². The summed E-state index contributed by atoms with van der Waals surface area (Å²) in [6.45, 7) is 13.7. The average Bonchev–Trinajstić information content (AvgIpc) is 2.34. The van der Waals surface area contributed by atoms with E-state index in [1.807, 2.05) is 0 Å². The van der Waals surface area contributed by atoms with Gasteiger partial charge in [-0.2, -0.15) is 0 Å². The number of likely N-dealkylation sites (tertiary alicyclic amines) is 1. The molecule has 0 saturated carbocycles. The molecule has 1 unspecified atom stereocenters. The molecule has 0 aromatic carbocycles. The Kier molecular flexibility index (Phi) is 7.14. The van der Waals surface area contributed by atoms with Gasteiger partial charge in [0, 0.05) is 13.2 Å². The predicted molar refractivity (Wildman–Crippen MR) is 74.3 cm³/mol. The van der Waals surface area contributed by atoms with E-state index in [9.17, 15) is 0 Å². The lowest BCUT2D eigenvalue weighted by Gasteiger charge is -2.34. The average molecular weight is 241 g/mol. The van der Waals surface area contributed by atoms with Gasteiger partial charge in [-0.25, -0.2) is 0 Å². The molecule has 1 heterocycles. The van der Waals surface area contributed by atoms with Gasteiger partial charge in [-0.15, -0.1) is 0 Å². The molecule has 0 radical (unpaired) electrons. The van der Waals surface area contributed by atoms with Crippen LogP contribution in [0.5, 0.6) is 0 Å². The lowest BCUT2D eigenvalue weighted by molar-refractivity contribution is 0.0654. The van der Waals surface area contributed by atoms with Crippen molar-refractivity contribution in [3.8, 4) is 0 Å². The fourth-order valence-electron chi connectivity index (χ4n) is 2.69. The molecule has 0 amide bonds. The summed E-state index contributed by atoms with van der Waals surface area (Å²) in [6.07, 6.45) is 5.71. The standard InChI is InChI=1S/C15H31NO/c1-5-14(4)15-7-10-16(11-8-15)9-6-12-17-13(2)3/h13-15H,5-12H2,1-4H3. The molecule has 0 spiro atoms. The summed E-state index contributed by atoms with van der Waals surface area (Å²) in [5.74, 6) is 1.89. The van der Waals surface area contributed by atoms with Crippen LogP contribution in [0.3, 0.4) is 0 Å². The maximum Gasteiger partial charge on any atom is 0.0518 e. The van der Waals surface area contributed by atoms with Gasteiger partial charge in [0.1, 0.15) is 0 Å². The molecular formula is C15H31NO. The van der Waals surface area contributed by atoms with Crippen molar-refractivity contribution in [3.05, 3.63) is 0 Å². The summed E-state index contributed by atoms with van der Waals surface area (Å²) >= 11 is 0. The molecule has 0 N–H and O–H groups in total. The number of hydrogen-bond acceptors (Lipinski definition) is 2. The summed E-state index contributed by atoms with van der Waals surface area (Å²) in [4.78, 5) is 2.61. The Bertz CT molecular complexity index is 185. The van der Waals surface area contributed by atoms with E-state index < -0.39 is 0 Å². The van der Waals surface area contributed by atoms with Crippen LogP contribution in [0.15, 0.2) is 0 Å². The molecule has 102 valence electrons. The van der Waals surface area contributed by atoms with Crippen molar-refractivity contribution in [2.75, 3.05) is 26.2 Å². The smallest absolute Gasteiger partial charge is 0.0518 e. The molecule has 1 fully saturated rings. The van der Waals surface area contributed by atoms with Gasteiger partial charge in [0.05, 0.1) is 6.10 Å². The molecule has 1 saturated heterocycles. The van der Waals surface area contributed by atoms with Crippen LogP contribution in [0, 0.1) is 11.8 Å². The van der Waals surface area contributed by atoms with Gasteiger partial charge in [0.15, 0.2) is 0 Å². The van der Waals surface area contributed by atoms with E-state index in [0.29, 0.717) is 6.10 Å². The maximum atomic E-state index is 5.58. The van der Waals surface area contributed by atoms with Crippen LogP contribution in [0.1, 0.15) is 53.4 Å². The van der Waals surface area contributed by atoms with Gasteiger partial charge in [0.2, 0.25) is 0 Å². The summed E-state index contributed by atoms with van der Waals surface area (Å²) < 4.78 is 5.58. The Morgan fingerprint density at radius 1 is 1.18 bits per heavy atom. The van der Waals surface area contributed by atoms with E-state index in [1.165, 1.54) is 45.3 Å². The van der Waals surface area contributed by atoms with Crippen molar-refractivity contribution in [1.29, 1.82) is 0 Å². The van der Waals surface area contributed by atoms with Crippen LogP contribution in [0.4, 0.5) is 0 Å². The quantitative estimate of drug-likeness (QED) is 0.632. The molecule has 0 aliphatic carbocycles. The third kappa shape index (κ3) is 5.87. The van der Waals surface area contributed by atoms with Crippen molar-refractivity contribution in [2.24, 2.45) is 11.8 Å². The minimum Gasteiger partial charge on any atom is -0.379 e. The van der Waals surface area contributed by atoms with Gasteiger partial charge in [0.25, 0.3) is 0 Å². The molecule has 2 heteroatoms. The molecule has 0 aromatic heterocycles. The maximum absolute atomic E-state index is 5.58. The zero-order chi connectivity index (χ0) is 12.7. The first-order valence-electron chi connectivity index (χ1n) is 7.47. The highest BCUT2D eigenvalue weighted by Crippen LogP contribution is 2.26. The zero-order valence-corrected chi connectivity index (χ0v) is 12.2. The second kappa shape index (κ2) is 8.10. The summed E-state index contributed by atoms with van der Waals surface area (Å²) in [5.41, 5.74) is 0. The van der Waals surface area contributed by atoms with E-state index >= 15 is 0 Å². The molecular weight excluding hydrogens is 210 g/mol. The first kappa shape index (κ1) is 15.0. The molecule has 1 rings (SSSR count). The van der Waals surface area contributed by atoms with E-state index in [-0.39, 0.29) is 0 Å². The highest BCUT2D eigenvalue weighted by molar-refractivity contribution is 4.75. The van der Waals surface area contributed by atoms with Crippen molar-refractivity contribution < 1.29 is 4.74 Å². The predicted octanol–water partition coefficient (Wildman–Crippen LogP) is 3.56. The first-order chi connectivity index (χ1) is 8.13. The monoisotopic (exact) mass is 241 g/mol. The second-order valence-corrected chi connectivity index (χ2v) is 5.84. The lowest BCUT2D eigenvalue weighted by atomic mass is 9.84.